The van der Waals surface area contributed by atoms with Gasteiger partial charge in [0.1, 0.15) is 0 Å². The molecule has 3 nitrogen and oxygen atoms in total. The van der Waals surface area contributed by atoms with Gasteiger partial charge in [-0.1, -0.05) is 50.2 Å². The lowest BCUT2D eigenvalue weighted by molar-refractivity contribution is 0.644. The molecular formula is C19H23N3. The molecule has 0 spiro atoms. The predicted octanol–water partition coefficient (Wildman–Crippen LogP) is 3.99. The van der Waals surface area contributed by atoms with Crippen LogP contribution in [0, 0.1) is 0 Å². The molecule has 0 bridgehead atoms. The molecule has 0 aliphatic carbocycles. The summed E-state index contributed by atoms with van der Waals surface area (Å²) < 4.78 is 0. The molecule has 3 aromatic rings. The second-order valence-corrected chi connectivity index (χ2v) is 4.74. The Kier molecular flexibility index (Phi) is 6.52. The third-order valence-electron chi connectivity index (χ3n) is 3.38. The first kappa shape index (κ1) is 16.1. The van der Waals surface area contributed by atoms with E-state index in [1.165, 1.54) is 17.5 Å². The molecular weight excluding hydrogens is 270 g/mol. The first-order valence-corrected chi connectivity index (χ1v) is 7.87. The van der Waals surface area contributed by atoms with E-state index >= 15 is 0 Å². The Morgan fingerprint density at radius 2 is 1.32 bits per heavy atom. The molecule has 0 saturated carbocycles. The molecule has 0 saturated heterocycles. The van der Waals surface area contributed by atoms with Crippen LogP contribution in [-0.2, 0) is 13.0 Å². The molecule has 2 heterocycles. The largest absolute Gasteiger partial charge is 0.312 e. The molecule has 1 N–H and O–H groups in total. The van der Waals surface area contributed by atoms with Crippen molar-refractivity contribution >= 4 is 11.0 Å². The molecule has 0 fully saturated rings. The van der Waals surface area contributed by atoms with Gasteiger partial charge in [-0.3, -0.25) is 9.97 Å². The van der Waals surface area contributed by atoms with Gasteiger partial charge in [-0.05, 0) is 36.2 Å². The number of hydrogen-bond acceptors (Lipinski definition) is 3. The number of fused-ring (bicyclic) bond motifs is 2. The van der Waals surface area contributed by atoms with Crippen LogP contribution >= 0.6 is 0 Å². The lowest BCUT2D eigenvalue weighted by Crippen LogP contribution is -2.23. The van der Waals surface area contributed by atoms with E-state index in [9.17, 15) is 0 Å². The quantitative estimate of drug-likeness (QED) is 0.681. The van der Waals surface area contributed by atoms with Crippen LogP contribution in [0.1, 0.15) is 25.0 Å². The van der Waals surface area contributed by atoms with E-state index < -0.39 is 0 Å². The van der Waals surface area contributed by atoms with Crippen LogP contribution in [0.3, 0.4) is 0 Å². The van der Waals surface area contributed by atoms with Crippen LogP contribution in [0.25, 0.3) is 11.0 Å². The maximum absolute atomic E-state index is 4.12. The lowest BCUT2D eigenvalue weighted by Gasteiger charge is -2.15. The van der Waals surface area contributed by atoms with Crippen molar-refractivity contribution in [1.82, 2.24) is 15.3 Å². The summed E-state index contributed by atoms with van der Waals surface area (Å²) in [5.74, 6) is 0. The van der Waals surface area contributed by atoms with Gasteiger partial charge in [-0.15, -0.1) is 0 Å². The average Bonchev–Trinajstić information content (AvgIpc) is 2.64. The van der Waals surface area contributed by atoms with E-state index in [0.29, 0.717) is 0 Å². The first-order chi connectivity index (χ1) is 10.9. The SMILES string of the molecule is CC.c1ccc2c(c1)CCNC2.c1ccc2nccnc2c1. The Labute approximate surface area is 132 Å². The van der Waals surface area contributed by atoms with Gasteiger partial charge in [-0.25, -0.2) is 0 Å². The molecule has 3 heteroatoms. The topological polar surface area (TPSA) is 37.8 Å². The molecule has 22 heavy (non-hydrogen) atoms. The van der Waals surface area contributed by atoms with Gasteiger partial charge in [-0.2, -0.15) is 0 Å². The maximum Gasteiger partial charge on any atom is 0.0886 e. The van der Waals surface area contributed by atoms with E-state index in [-0.39, 0.29) is 0 Å². The molecule has 1 aromatic heterocycles. The minimum atomic E-state index is 0.949. The van der Waals surface area contributed by atoms with Gasteiger partial charge in [0.05, 0.1) is 11.0 Å². The van der Waals surface area contributed by atoms with Crippen LogP contribution in [0.15, 0.2) is 60.9 Å². The number of para-hydroxylation sites is 2. The number of nitrogens with zero attached hydrogens (tertiary/aromatic N) is 2. The summed E-state index contributed by atoms with van der Waals surface area (Å²) >= 11 is 0. The molecule has 0 amide bonds. The van der Waals surface area contributed by atoms with Crippen LogP contribution in [0.5, 0.6) is 0 Å². The highest BCUT2D eigenvalue weighted by atomic mass is 14.9. The minimum absolute atomic E-state index is 0.949. The molecule has 1 aliphatic rings. The fourth-order valence-electron chi connectivity index (χ4n) is 2.33. The van der Waals surface area contributed by atoms with E-state index in [1.54, 1.807) is 12.4 Å². The Hall–Kier alpha value is -2.26. The number of nitrogens with one attached hydrogen (secondary N) is 1. The third-order valence-corrected chi connectivity index (χ3v) is 3.38. The Morgan fingerprint density at radius 1 is 0.773 bits per heavy atom. The Balaban J connectivity index is 0.000000144. The molecule has 0 radical (unpaired) electrons. The van der Waals surface area contributed by atoms with Crippen molar-refractivity contribution in [3.05, 3.63) is 72.1 Å². The standard InChI is InChI=1S/C9H11N.C8H6N2.C2H6/c1-2-4-9-7-10-6-5-8(9)3-1;1-2-4-8-7(3-1)9-5-6-10-8;1-2/h1-4,10H,5-7H2;1-6H;1-2H3. The van der Waals surface area contributed by atoms with Crippen molar-refractivity contribution in [3.63, 3.8) is 0 Å². The number of benzene rings is 2. The molecule has 1 aliphatic heterocycles. The zero-order valence-electron chi connectivity index (χ0n) is 13.3. The van der Waals surface area contributed by atoms with Crippen LogP contribution in [-0.4, -0.2) is 16.5 Å². The fourth-order valence-corrected chi connectivity index (χ4v) is 2.33. The van der Waals surface area contributed by atoms with E-state index in [0.717, 1.165) is 24.1 Å². The highest BCUT2D eigenvalue weighted by Gasteiger charge is 2.05. The average molecular weight is 293 g/mol. The van der Waals surface area contributed by atoms with Gasteiger partial charge in [0.15, 0.2) is 0 Å². The highest BCUT2D eigenvalue weighted by molar-refractivity contribution is 5.72. The Morgan fingerprint density at radius 3 is 1.91 bits per heavy atom. The molecule has 0 atom stereocenters. The monoisotopic (exact) mass is 293 g/mol. The summed E-state index contributed by atoms with van der Waals surface area (Å²) in [6.45, 7) is 6.19. The van der Waals surface area contributed by atoms with Crippen LogP contribution in [0.4, 0.5) is 0 Å². The van der Waals surface area contributed by atoms with Crippen molar-refractivity contribution < 1.29 is 0 Å². The molecule has 114 valence electrons. The second kappa shape index (κ2) is 8.90. The highest BCUT2D eigenvalue weighted by Crippen LogP contribution is 2.11. The number of hydrogen-bond donors (Lipinski definition) is 1. The predicted molar refractivity (Wildman–Crippen MR) is 92.7 cm³/mol. The second-order valence-electron chi connectivity index (χ2n) is 4.74. The maximum atomic E-state index is 4.12. The van der Waals surface area contributed by atoms with Crippen LogP contribution < -0.4 is 5.32 Å². The molecule has 4 rings (SSSR count). The Bertz CT molecular complexity index is 604. The minimum Gasteiger partial charge on any atom is -0.312 e. The summed E-state index contributed by atoms with van der Waals surface area (Å²) in [5, 5.41) is 3.34. The number of rotatable bonds is 0. The van der Waals surface area contributed by atoms with Crippen molar-refractivity contribution in [2.45, 2.75) is 26.8 Å². The third kappa shape index (κ3) is 4.37. The van der Waals surface area contributed by atoms with Gasteiger partial charge in [0.25, 0.3) is 0 Å². The first-order valence-electron chi connectivity index (χ1n) is 7.87. The van der Waals surface area contributed by atoms with Gasteiger partial charge in [0.2, 0.25) is 0 Å². The van der Waals surface area contributed by atoms with Crippen LogP contribution in [0.2, 0.25) is 0 Å². The van der Waals surface area contributed by atoms with Gasteiger partial charge in [0, 0.05) is 18.9 Å². The van der Waals surface area contributed by atoms with Gasteiger partial charge < -0.3 is 5.32 Å². The molecule has 2 aromatic carbocycles. The summed E-state index contributed by atoms with van der Waals surface area (Å²) in [6, 6.07) is 16.4. The number of aromatic nitrogens is 2. The van der Waals surface area contributed by atoms with Crippen molar-refractivity contribution in [2.75, 3.05) is 6.54 Å². The van der Waals surface area contributed by atoms with E-state index in [4.69, 9.17) is 0 Å². The normalized spacial score (nSPS) is 12.3. The zero-order valence-corrected chi connectivity index (χ0v) is 13.3. The molecule has 0 unspecified atom stereocenters. The fraction of sp³-hybridized carbons (Fsp3) is 0.263. The van der Waals surface area contributed by atoms with Crippen molar-refractivity contribution in [2.24, 2.45) is 0 Å². The summed E-state index contributed by atoms with van der Waals surface area (Å²) in [6.07, 6.45) is 4.58. The van der Waals surface area contributed by atoms with Crippen molar-refractivity contribution in [1.29, 1.82) is 0 Å². The summed E-state index contributed by atoms with van der Waals surface area (Å²) in [4.78, 5) is 8.24. The van der Waals surface area contributed by atoms with Gasteiger partial charge >= 0.3 is 0 Å². The summed E-state index contributed by atoms with van der Waals surface area (Å²) in [7, 11) is 0. The van der Waals surface area contributed by atoms with Crippen molar-refractivity contribution in [3.8, 4) is 0 Å². The lowest BCUT2D eigenvalue weighted by atomic mass is 10.0. The summed E-state index contributed by atoms with van der Waals surface area (Å²) in [5.41, 5.74) is 4.88. The smallest absolute Gasteiger partial charge is 0.0886 e. The van der Waals surface area contributed by atoms with E-state index in [2.05, 4.69) is 39.6 Å². The zero-order chi connectivity index (χ0) is 15.6. The van der Waals surface area contributed by atoms with E-state index in [1.807, 2.05) is 38.1 Å².